The van der Waals surface area contributed by atoms with Gasteiger partial charge in [-0.1, -0.05) is 53.2 Å². The highest BCUT2D eigenvalue weighted by atomic mass is 15.5. The van der Waals surface area contributed by atoms with Crippen molar-refractivity contribution < 1.29 is 0 Å². The molecule has 5 heteroatoms. The first kappa shape index (κ1) is 15.0. The van der Waals surface area contributed by atoms with E-state index in [0.29, 0.717) is 5.84 Å². The van der Waals surface area contributed by atoms with Gasteiger partial charge in [0.2, 0.25) is 0 Å². The van der Waals surface area contributed by atoms with Gasteiger partial charge in [0, 0.05) is 5.56 Å². The van der Waals surface area contributed by atoms with Crippen LogP contribution in [0.4, 0.5) is 5.69 Å². The summed E-state index contributed by atoms with van der Waals surface area (Å²) in [6, 6.07) is 18.0. The SMILES string of the molecule is Cc1ccc(/C(=N/Nc2ccccc2)n2nnc(C)c2C)cc1. The van der Waals surface area contributed by atoms with E-state index in [0.717, 1.165) is 22.6 Å². The molecule has 2 aromatic carbocycles. The minimum absolute atomic E-state index is 0.715. The van der Waals surface area contributed by atoms with Gasteiger partial charge >= 0.3 is 0 Å². The highest BCUT2D eigenvalue weighted by Gasteiger charge is 2.13. The molecule has 0 aliphatic carbocycles. The first-order valence-electron chi connectivity index (χ1n) is 7.50. The fourth-order valence-corrected chi connectivity index (χ4v) is 2.17. The Hall–Kier alpha value is -2.95. The van der Waals surface area contributed by atoms with Crippen LogP contribution in [0.25, 0.3) is 0 Å². The van der Waals surface area contributed by atoms with E-state index in [-0.39, 0.29) is 0 Å². The van der Waals surface area contributed by atoms with Crippen molar-refractivity contribution in [1.29, 1.82) is 0 Å². The van der Waals surface area contributed by atoms with Gasteiger partial charge in [-0.2, -0.15) is 9.78 Å². The Morgan fingerprint density at radius 2 is 1.65 bits per heavy atom. The van der Waals surface area contributed by atoms with Crippen molar-refractivity contribution >= 4 is 11.5 Å². The summed E-state index contributed by atoms with van der Waals surface area (Å²) in [5.74, 6) is 0.715. The molecule has 5 nitrogen and oxygen atoms in total. The molecule has 3 rings (SSSR count). The lowest BCUT2D eigenvalue weighted by Crippen LogP contribution is -2.18. The molecule has 0 bridgehead atoms. The van der Waals surface area contributed by atoms with Gasteiger partial charge in [-0.15, -0.1) is 5.10 Å². The molecular formula is C18H19N5. The minimum atomic E-state index is 0.715. The van der Waals surface area contributed by atoms with Crippen molar-refractivity contribution in [3.63, 3.8) is 0 Å². The summed E-state index contributed by atoms with van der Waals surface area (Å²) < 4.78 is 1.76. The first-order chi connectivity index (χ1) is 11.1. The third-order valence-corrected chi connectivity index (χ3v) is 3.70. The molecule has 0 radical (unpaired) electrons. The van der Waals surface area contributed by atoms with E-state index in [4.69, 9.17) is 0 Å². The maximum absolute atomic E-state index is 4.57. The molecule has 23 heavy (non-hydrogen) atoms. The van der Waals surface area contributed by atoms with Crippen molar-refractivity contribution in [3.05, 3.63) is 77.1 Å². The van der Waals surface area contributed by atoms with Gasteiger partial charge in [-0.05, 0) is 32.9 Å². The number of aryl methyl sites for hydroxylation is 2. The standard InChI is InChI=1S/C18H19N5/c1-13-9-11-16(12-10-13)18(23-15(3)14(2)19-22-23)21-20-17-7-5-4-6-8-17/h4-12,20H,1-3H3/b21-18-. The van der Waals surface area contributed by atoms with E-state index < -0.39 is 0 Å². The molecule has 0 aliphatic heterocycles. The predicted molar refractivity (Wildman–Crippen MR) is 92.7 cm³/mol. The number of anilines is 1. The summed E-state index contributed by atoms with van der Waals surface area (Å²) in [6.07, 6.45) is 0. The molecule has 0 atom stereocenters. The lowest BCUT2D eigenvalue weighted by atomic mass is 10.1. The highest BCUT2D eigenvalue weighted by molar-refractivity contribution is 6.00. The Morgan fingerprint density at radius 3 is 2.26 bits per heavy atom. The number of hydrogen-bond acceptors (Lipinski definition) is 4. The first-order valence-corrected chi connectivity index (χ1v) is 7.50. The number of aromatic nitrogens is 3. The highest BCUT2D eigenvalue weighted by Crippen LogP contribution is 2.11. The monoisotopic (exact) mass is 305 g/mol. The average Bonchev–Trinajstić information content (AvgIpc) is 2.90. The number of para-hydroxylation sites is 1. The zero-order valence-electron chi connectivity index (χ0n) is 13.5. The number of rotatable bonds is 3. The number of hydrazone groups is 1. The lowest BCUT2D eigenvalue weighted by Gasteiger charge is -2.09. The van der Waals surface area contributed by atoms with Crippen LogP contribution in [0.5, 0.6) is 0 Å². The van der Waals surface area contributed by atoms with Crippen molar-refractivity contribution in [1.82, 2.24) is 15.0 Å². The second-order valence-electron chi connectivity index (χ2n) is 5.45. The summed E-state index contributed by atoms with van der Waals surface area (Å²) in [4.78, 5) is 0. The Morgan fingerprint density at radius 1 is 0.957 bits per heavy atom. The van der Waals surface area contributed by atoms with E-state index in [1.165, 1.54) is 5.56 Å². The number of nitrogens with one attached hydrogen (secondary N) is 1. The fourth-order valence-electron chi connectivity index (χ4n) is 2.17. The fraction of sp³-hybridized carbons (Fsp3) is 0.167. The quantitative estimate of drug-likeness (QED) is 0.457. The Kier molecular flexibility index (Phi) is 4.19. The molecule has 0 aliphatic rings. The lowest BCUT2D eigenvalue weighted by molar-refractivity contribution is 0.820. The summed E-state index contributed by atoms with van der Waals surface area (Å²) in [5.41, 5.74) is 8.06. The number of hydrogen-bond donors (Lipinski definition) is 1. The number of nitrogens with zero attached hydrogens (tertiary/aromatic N) is 4. The van der Waals surface area contributed by atoms with E-state index in [2.05, 4.69) is 39.9 Å². The van der Waals surface area contributed by atoms with Crippen LogP contribution in [-0.4, -0.2) is 20.8 Å². The van der Waals surface area contributed by atoms with E-state index >= 15 is 0 Å². The molecule has 3 aromatic rings. The molecule has 1 aromatic heterocycles. The van der Waals surface area contributed by atoms with Crippen LogP contribution in [0.2, 0.25) is 0 Å². The van der Waals surface area contributed by atoms with Crippen LogP contribution in [0, 0.1) is 20.8 Å². The van der Waals surface area contributed by atoms with Crippen molar-refractivity contribution in [3.8, 4) is 0 Å². The van der Waals surface area contributed by atoms with E-state index in [1.807, 2.05) is 56.3 Å². The van der Waals surface area contributed by atoms with Gasteiger partial charge in [0.1, 0.15) is 0 Å². The summed E-state index contributed by atoms with van der Waals surface area (Å²) in [5, 5.41) is 12.9. The van der Waals surface area contributed by atoms with E-state index in [9.17, 15) is 0 Å². The van der Waals surface area contributed by atoms with Crippen LogP contribution in [-0.2, 0) is 0 Å². The molecule has 1 N–H and O–H groups in total. The number of benzene rings is 2. The molecule has 1 heterocycles. The summed E-state index contributed by atoms with van der Waals surface area (Å²) in [6.45, 7) is 5.99. The Labute approximate surface area is 135 Å². The van der Waals surface area contributed by atoms with Crippen molar-refractivity contribution in [2.75, 3.05) is 5.43 Å². The second-order valence-corrected chi connectivity index (χ2v) is 5.45. The zero-order valence-corrected chi connectivity index (χ0v) is 13.5. The van der Waals surface area contributed by atoms with Crippen molar-refractivity contribution in [2.45, 2.75) is 20.8 Å². The molecular weight excluding hydrogens is 286 g/mol. The van der Waals surface area contributed by atoms with Crippen LogP contribution in [0.1, 0.15) is 22.5 Å². The van der Waals surface area contributed by atoms with Crippen LogP contribution in [0.3, 0.4) is 0 Å². The topological polar surface area (TPSA) is 55.1 Å². The van der Waals surface area contributed by atoms with Crippen LogP contribution in [0.15, 0.2) is 59.7 Å². The third-order valence-electron chi connectivity index (χ3n) is 3.70. The molecule has 116 valence electrons. The van der Waals surface area contributed by atoms with Gasteiger partial charge in [0.05, 0.1) is 17.1 Å². The molecule has 0 saturated carbocycles. The van der Waals surface area contributed by atoms with Gasteiger partial charge in [0.25, 0.3) is 0 Å². The normalized spacial score (nSPS) is 11.5. The predicted octanol–water partition coefficient (Wildman–Crippen LogP) is 3.53. The van der Waals surface area contributed by atoms with Crippen LogP contribution < -0.4 is 5.43 Å². The smallest absolute Gasteiger partial charge is 0.182 e. The Balaban J connectivity index is 2.03. The summed E-state index contributed by atoms with van der Waals surface area (Å²) in [7, 11) is 0. The molecule has 0 fully saturated rings. The van der Waals surface area contributed by atoms with Gasteiger partial charge in [-0.3, -0.25) is 5.43 Å². The Bertz CT molecular complexity index is 816. The van der Waals surface area contributed by atoms with Crippen LogP contribution >= 0.6 is 0 Å². The molecule has 0 unspecified atom stereocenters. The van der Waals surface area contributed by atoms with Crippen molar-refractivity contribution in [2.24, 2.45) is 5.10 Å². The van der Waals surface area contributed by atoms with Gasteiger partial charge in [-0.25, -0.2) is 0 Å². The molecule has 0 saturated heterocycles. The average molecular weight is 305 g/mol. The maximum atomic E-state index is 4.57. The largest absolute Gasteiger partial charge is 0.276 e. The summed E-state index contributed by atoms with van der Waals surface area (Å²) >= 11 is 0. The zero-order chi connectivity index (χ0) is 16.2. The van der Waals surface area contributed by atoms with Gasteiger partial charge < -0.3 is 0 Å². The second kappa shape index (κ2) is 6.44. The minimum Gasteiger partial charge on any atom is -0.276 e. The third kappa shape index (κ3) is 3.29. The van der Waals surface area contributed by atoms with Gasteiger partial charge in [0.15, 0.2) is 5.84 Å². The maximum Gasteiger partial charge on any atom is 0.182 e. The molecule has 0 amide bonds. The van der Waals surface area contributed by atoms with E-state index in [1.54, 1.807) is 4.68 Å². The molecule has 0 spiro atoms.